The van der Waals surface area contributed by atoms with Crippen molar-refractivity contribution in [3.05, 3.63) is 36.0 Å². The quantitative estimate of drug-likeness (QED) is 0.758. The van der Waals surface area contributed by atoms with Crippen LogP contribution in [0.5, 0.6) is 0 Å². The van der Waals surface area contributed by atoms with Gasteiger partial charge in [-0.3, -0.25) is 4.79 Å². The van der Waals surface area contributed by atoms with Crippen molar-refractivity contribution in [2.45, 2.75) is 12.8 Å². The van der Waals surface area contributed by atoms with Gasteiger partial charge < -0.3 is 9.88 Å². The maximum Gasteiger partial charge on any atom is 0.219 e. The van der Waals surface area contributed by atoms with Gasteiger partial charge in [0.15, 0.2) is 0 Å². The number of hydrogen-bond acceptors (Lipinski definition) is 1. The molecule has 0 amide bonds. The summed E-state index contributed by atoms with van der Waals surface area (Å²) in [4.78, 5) is 16.8. The van der Waals surface area contributed by atoms with Crippen LogP contribution in [0, 0.1) is 0 Å². The van der Waals surface area contributed by atoms with Crippen molar-refractivity contribution in [1.29, 1.82) is 0 Å². The van der Waals surface area contributed by atoms with E-state index in [1.807, 2.05) is 30.5 Å². The van der Waals surface area contributed by atoms with E-state index in [1.165, 1.54) is 17.7 Å². The number of hydrogen-bond donors (Lipinski definition) is 2. The zero-order valence-corrected chi connectivity index (χ0v) is 9.83. The van der Waals surface area contributed by atoms with Crippen molar-refractivity contribution < 1.29 is 9.69 Å². The summed E-state index contributed by atoms with van der Waals surface area (Å²) in [7, 11) is 0. The summed E-state index contributed by atoms with van der Waals surface area (Å²) >= 11 is 0. The molecule has 0 saturated carbocycles. The molecule has 0 spiro atoms. The molecule has 0 radical (unpaired) electrons. The zero-order valence-electron chi connectivity index (χ0n) is 9.83. The van der Waals surface area contributed by atoms with Crippen molar-refractivity contribution in [3.63, 3.8) is 0 Å². The van der Waals surface area contributed by atoms with E-state index in [2.05, 4.69) is 4.98 Å². The summed E-state index contributed by atoms with van der Waals surface area (Å²) in [6, 6.07) is 7.99. The van der Waals surface area contributed by atoms with Crippen LogP contribution in [0.25, 0.3) is 10.9 Å². The molecule has 2 N–H and O–H groups in total. The minimum atomic E-state index is 0.263. The molecule has 3 heteroatoms. The fourth-order valence-electron chi connectivity index (χ4n) is 2.68. The second-order valence-electron chi connectivity index (χ2n) is 4.80. The average Bonchev–Trinajstić information content (AvgIpc) is 2.96. The molecule has 3 rings (SSSR count). The molecular weight excluding hydrogens is 212 g/mol. The van der Waals surface area contributed by atoms with Crippen LogP contribution in [-0.4, -0.2) is 30.4 Å². The van der Waals surface area contributed by atoms with Crippen LogP contribution in [0.2, 0.25) is 0 Å². The number of ketones is 1. The number of benzene rings is 1. The average molecular weight is 229 g/mol. The molecule has 1 aromatic carbocycles. The highest BCUT2D eigenvalue weighted by molar-refractivity contribution is 6.08. The fraction of sp³-hybridized carbons (Fsp3) is 0.357. The molecule has 0 aliphatic carbocycles. The standard InChI is InChI=1S/C14H16N2O/c17-14(10-16-7-3-4-8-16)12-9-15-13-6-2-1-5-11(12)13/h1-2,5-6,9,15H,3-4,7-8,10H2/p+1. The highest BCUT2D eigenvalue weighted by Gasteiger charge is 2.21. The molecule has 1 aliphatic rings. The number of aromatic amines is 1. The summed E-state index contributed by atoms with van der Waals surface area (Å²) in [5.41, 5.74) is 1.90. The largest absolute Gasteiger partial charge is 0.360 e. The molecule has 1 fully saturated rings. The maximum atomic E-state index is 12.2. The first kappa shape index (κ1) is 10.5. The van der Waals surface area contributed by atoms with Crippen LogP contribution in [0.15, 0.2) is 30.5 Å². The predicted octanol–water partition coefficient (Wildman–Crippen LogP) is 1.03. The molecule has 17 heavy (non-hydrogen) atoms. The van der Waals surface area contributed by atoms with Gasteiger partial charge in [-0.15, -0.1) is 0 Å². The minimum absolute atomic E-state index is 0.263. The molecule has 88 valence electrons. The molecule has 0 atom stereocenters. The van der Waals surface area contributed by atoms with Crippen LogP contribution in [0.4, 0.5) is 0 Å². The third kappa shape index (κ3) is 1.98. The lowest BCUT2D eigenvalue weighted by molar-refractivity contribution is -0.878. The number of rotatable bonds is 3. The van der Waals surface area contributed by atoms with Gasteiger partial charge in [-0.25, -0.2) is 0 Å². The Morgan fingerprint density at radius 1 is 1.24 bits per heavy atom. The minimum Gasteiger partial charge on any atom is -0.360 e. The Morgan fingerprint density at radius 2 is 2.00 bits per heavy atom. The van der Waals surface area contributed by atoms with Crippen molar-refractivity contribution in [2.75, 3.05) is 19.6 Å². The summed E-state index contributed by atoms with van der Waals surface area (Å²) in [5, 5.41) is 1.05. The molecule has 2 aromatic rings. The van der Waals surface area contributed by atoms with Crippen molar-refractivity contribution in [1.82, 2.24) is 4.98 Å². The van der Waals surface area contributed by atoms with E-state index in [0.29, 0.717) is 6.54 Å². The molecule has 0 bridgehead atoms. The first-order chi connectivity index (χ1) is 8.34. The third-order valence-electron chi connectivity index (χ3n) is 3.61. The molecule has 1 aromatic heterocycles. The number of fused-ring (bicyclic) bond motifs is 1. The molecular formula is C14H17N2O+. The second-order valence-corrected chi connectivity index (χ2v) is 4.80. The number of quaternary nitrogens is 1. The number of aromatic nitrogens is 1. The van der Waals surface area contributed by atoms with Gasteiger partial charge >= 0.3 is 0 Å². The topological polar surface area (TPSA) is 37.3 Å². The van der Waals surface area contributed by atoms with Gasteiger partial charge in [0.25, 0.3) is 0 Å². The molecule has 2 heterocycles. The fourth-order valence-corrected chi connectivity index (χ4v) is 2.68. The van der Waals surface area contributed by atoms with Crippen LogP contribution in [0.1, 0.15) is 23.2 Å². The highest BCUT2D eigenvalue weighted by Crippen LogP contribution is 2.17. The highest BCUT2D eigenvalue weighted by atomic mass is 16.1. The van der Waals surface area contributed by atoms with Gasteiger partial charge in [0.2, 0.25) is 5.78 Å². The normalized spacial score (nSPS) is 16.7. The Morgan fingerprint density at radius 3 is 2.82 bits per heavy atom. The number of carbonyl (C=O) groups excluding carboxylic acids is 1. The van der Waals surface area contributed by atoms with E-state index in [9.17, 15) is 4.79 Å². The van der Waals surface area contributed by atoms with E-state index in [4.69, 9.17) is 0 Å². The zero-order chi connectivity index (χ0) is 11.7. The van der Waals surface area contributed by atoms with Gasteiger partial charge in [-0.1, -0.05) is 18.2 Å². The lowest BCUT2D eigenvalue weighted by Gasteiger charge is -2.10. The van der Waals surface area contributed by atoms with Crippen molar-refractivity contribution in [2.24, 2.45) is 0 Å². The van der Waals surface area contributed by atoms with Crippen LogP contribution in [0.3, 0.4) is 0 Å². The van der Waals surface area contributed by atoms with Crippen molar-refractivity contribution >= 4 is 16.7 Å². The smallest absolute Gasteiger partial charge is 0.219 e. The Hall–Kier alpha value is -1.61. The Labute approximate surface area is 100 Å². The number of carbonyl (C=O) groups is 1. The number of H-pyrrole nitrogens is 1. The van der Waals surface area contributed by atoms with E-state index >= 15 is 0 Å². The van der Waals surface area contributed by atoms with Gasteiger partial charge in [-0.2, -0.15) is 0 Å². The number of nitrogens with one attached hydrogen (secondary N) is 2. The van der Waals surface area contributed by atoms with E-state index in [1.54, 1.807) is 0 Å². The predicted molar refractivity (Wildman–Crippen MR) is 67.4 cm³/mol. The summed E-state index contributed by atoms with van der Waals surface area (Å²) in [6.45, 7) is 2.93. The third-order valence-corrected chi connectivity index (χ3v) is 3.61. The Balaban J connectivity index is 1.85. The second kappa shape index (κ2) is 4.34. The van der Waals surface area contributed by atoms with Crippen LogP contribution >= 0.6 is 0 Å². The number of likely N-dealkylation sites (tertiary alicyclic amines) is 1. The Kier molecular flexibility index (Phi) is 2.69. The Bertz CT molecular complexity index is 538. The monoisotopic (exact) mass is 229 g/mol. The lowest BCUT2D eigenvalue weighted by atomic mass is 10.1. The van der Waals surface area contributed by atoms with E-state index < -0.39 is 0 Å². The van der Waals surface area contributed by atoms with E-state index in [-0.39, 0.29) is 5.78 Å². The van der Waals surface area contributed by atoms with E-state index in [0.717, 1.165) is 29.6 Å². The summed E-state index contributed by atoms with van der Waals surface area (Å²) < 4.78 is 0. The van der Waals surface area contributed by atoms with Gasteiger partial charge in [-0.05, 0) is 6.07 Å². The molecule has 3 nitrogen and oxygen atoms in total. The first-order valence-corrected chi connectivity index (χ1v) is 6.27. The maximum absolute atomic E-state index is 12.2. The summed E-state index contributed by atoms with van der Waals surface area (Å²) in [6.07, 6.45) is 4.37. The number of para-hydroxylation sites is 1. The molecule has 1 saturated heterocycles. The van der Waals surface area contributed by atoms with Crippen molar-refractivity contribution in [3.8, 4) is 0 Å². The molecule has 0 unspecified atom stereocenters. The molecule has 1 aliphatic heterocycles. The lowest BCUT2D eigenvalue weighted by Crippen LogP contribution is -3.10. The first-order valence-electron chi connectivity index (χ1n) is 6.27. The van der Waals surface area contributed by atoms with Gasteiger partial charge in [0.1, 0.15) is 6.54 Å². The van der Waals surface area contributed by atoms with Gasteiger partial charge in [0, 0.05) is 35.5 Å². The summed E-state index contributed by atoms with van der Waals surface area (Å²) in [5.74, 6) is 0.263. The number of Topliss-reactive ketones (excluding diaryl/α,β-unsaturated/α-hetero) is 1. The van der Waals surface area contributed by atoms with Crippen LogP contribution in [-0.2, 0) is 0 Å². The van der Waals surface area contributed by atoms with Gasteiger partial charge in [0.05, 0.1) is 13.1 Å². The van der Waals surface area contributed by atoms with Crippen LogP contribution < -0.4 is 4.90 Å². The SMILES string of the molecule is O=C(C[NH+]1CCCC1)c1c[nH]c2ccccc12.